The van der Waals surface area contributed by atoms with Crippen LogP contribution in [-0.2, 0) is 27.9 Å². The van der Waals surface area contributed by atoms with Crippen molar-refractivity contribution in [1.29, 1.82) is 0 Å². The lowest BCUT2D eigenvalue weighted by atomic mass is 9.71. The Kier molecular flexibility index (Phi) is 10.8. The number of fused-ring (bicyclic) bond motifs is 2. The third-order valence-corrected chi connectivity index (χ3v) is 14.2. The van der Waals surface area contributed by atoms with Crippen molar-refractivity contribution in [3.8, 4) is 0 Å². The van der Waals surface area contributed by atoms with Crippen LogP contribution in [0.4, 0.5) is 20.3 Å². The molecule has 1 unspecified atom stereocenters. The van der Waals surface area contributed by atoms with Gasteiger partial charge in [0.05, 0.1) is 54.6 Å². The number of piperidine rings is 1. The number of aryl methyl sites for hydroxylation is 1. The van der Waals surface area contributed by atoms with Crippen LogP contribution in [0.1, 0.15) is 97.9 Å². The first kappa shape index (κ1) is 40.7. The molecule has 18 heteroatoms. The van der Waals surface area contributed by atoms with Crippen LogP contribution in [0.3, 0.4) is 0 Å². The number of anilines is 2. The molecule has 328 valence electrons. The number of likely N-dealkylation sites (tertiary alicyclic amines) is 2. The first-order chi connectivity index (χ1) is 30.0. The summed E-state index contributed by atoms with van der Waals surface area (Å²) in [6, 6.07) is 7.16. The summed E-state index contributed by atoms with van der Waals surface area (Å²) < 4.78 is 40.4. The number of Topliss-reactive ketones (excluding diaryl/α,β-unsaturated/α-hetero) is 2. The maximum Gasteiger partial charge on any atom is 0.329 e. The Morgan fingerprint density at radius 1 is 0.984 bits per heavy atom. The monoisotopic (exact) mass is 853 g/mol. The van der Waals surface area contributed by atoms with E-state index >= 15 is 0 Å². The highest BCUT2D eigenvalue weighted by atomic mass is 19.3. The lowest BCUT2D eigenvalue weighted by Gasteiger charge is -2.54. The summed E-state index contributed by atoms with van der Waals surface area (Å²) in [7, 11) is 1.77. The van der Waals surface area contributed by atoms with Gasteiger partial charge in [-0.25, -0.2) is 23.1 Å². The van der Waals surface area contributed by atoms with Crippen molar-refractivity contribution in [3.63, 3.8) is 0 Å². The molecule has 1 N–H and O–H groups in total. The maximum atomic E-state index is 14.3. The quantitative estimate of drug-likeness (QED) is 0.193. The number of nitrogens with one attached hydrogen (secondary N) is 1. The second kappa shape index (κ2) is 16.4. The molecule has 5 aliphatic rings. The molecular weight excluding hydrogens is 801 g/mol. The predicted octanol–water partition coefficient (Wildman–Crippen LogP) is 4.80. The number of carbonyl (C=O) groups is 3. The molecule has 3 saturated heterocycles. The van der Waals surface area contributed by atoms with E-state index in [9.17, 15) is 28.0 Å². The third kappa shape index (κ3) is 7.63. The van der Waals surface area contributed by atoms with Crippen molar-refractivity contribution in [2.24, 2.45) is 18.4 Å². The topological polar surface area (TPSA) is 157 Å². The number of halogens is 2. The van der Waals surface area contributed by atoms with Crippen LogP contribution in [0.2, 0.25) is 0 Å². The number of hydrogen-bond acceptors (Lipinski definition) is 11. The van der Waals surface area contributed by atoms with E-state index in [2.05, 4.69) is 41.3 Å². The van der Waals surface area contributed by atoms with Crippen LogP contribution in [0.25, 0.3) is 16.7 Å². The molecule has 0 bridgehead atoms. The number of nitrogens with zero attached hydrogens (tertiary/aromatic N) is 10. The number of alkyl halides is 2. The predicted molar refractivity (Wildman–Crippen MR) is 226 cm³/mol. The summed E-state index contributed by atoms with van der Waals surface area (Å²) in [5.41, 5.74) is 2.87. The molecule has 62 heavy (non-hydrogen) atoms. The van der Waals surface area contributed by atoms with E-state index in [4.69, 9.17) is 4.74 Å². The minimum atomic E-state index is -2.85. The van der Waals surface area contributed by atoms with E-state index in [0.717, 1.165) is 94.4 Å². The molecule has 1 spiro atoms. The Morgan fingerprint density at radius 2 is 1.76 bits per heavy atom. The highest BCUT2D eigenvalue weighted by Gasteiger charge is 2.45. The Bertz CT molecular complexity index is 2570. The number of imidazole rings is 1. The molecule has 1 amide bonds. The number of hydrogen-bond donors (Lipinski definition) is 1. The first-order valence-electron chi connectivity index (χ1n) is 22.1. The molecular formula is C44H53F2N11O5. The smallest absolute Gasteiger partial charge is 0.329 e. The summed E-state index contributed by atoms with van der Waals surface area (Å²) in [6.07, 6.45) is 8.32. The van der Waals surface area contributed by atoms with Gasteiger partial charge in [-0.1, -0.05) is 12.1 Å². The van der Waals surface area contributed by atoms with Crippen LogP contribution in [-0.4, -0.2) is 120 Å². The van der Waals surface area contributed by atoms with Crippen molar-refractivity contribution in [3.05, 3.63) is 70.2 Å². The number of carbonyl (C=O) groups excluding carboxylic acids is 3. The molecule has 1 aromatic carbocycles. The van der Waals surface area contributed by atoms with Crippen LogP contribution in [0, 0.1) is 11.3 Å². The molecule has 1 atom stereocenters. The molecule has 10 rings (SSSR count). The second-order valence-corrected chi connectivity index (χ2v) is 18.2. The summed E-state index contributed by atoms with van der Waals surface area (Å²) in [6.45, 7) is 8.43. The average Bonchev–Trinajstić information content (AvgIpc) is 3.96. The average molecular weight is 854 g/mol. The van der Waals surface area contributed by atoms with Crippen molar-refractivity contribution >= 4 is 45.7 Å². The molecule has 16 nitrogen and oxygen atoms in total. The number of ketones is 2. The molecule has 5 aromatic rings. The van der Waals surface area contributed by atoms with Crippen molar-refractivity contribution < 1.29 is 27.9 Å². The molecule has 7 heterocycles. The third-order valence-electron chi connectivity index (χ3n) is 14.2. The Morgan fingerprint density at radius 3 is 2.50 bits per heavy atom. The van der Waals surface area contributed by atoms with Gasteiger partial charge < -0.3 is 19.9 Å². The zero-order valence-electron chi connectivity index (χ0n) is 35.1. The van der Waals surface area contributed by atoms with Gasteiger partial charge >= 0.3 is 5.69 Å². The molecule has 3 aliphatic heterocycles. The minimum absolute atomic E-state index is 0.00128. The van der Waals surface area contributed by atoms with E-state index in [1.165, 1.54) is 10.7 Å². The summed E-state index contributed by atoms with van der Waals surface area (Å²) in [5, 5.41) is 11.3. The van der Waals surface area contributed by atoms with E-state index < -0.39 is 24.1 Å². The van der Waals surface area contributed by atoms with Crippen molar-refractivity contribution in [2.75, 3.05) is 69.2 Å². The number of morpholine rings is 1. The van der Waals surface area contributed by atoms with Crippen LogP contribution in [0.15, 0.2) is 47.7 Å². The van der Waals surface area contributed by atoms with Gasteiger partial charge in [-0.3, -0.25) is 33.1 Å². The minimum Gasteiger partial charge on any atom is -0.378 e. The lowest BCUT2D eigenvalue weighted by Crippen LogP contribution is -2.60. The first-order valence-corrected chi connectivity index (χ1v) is 22.1. The Balaban J connectivity index is 0.713. The number of rotatable bonds is 10. The number of ether oxygens (including phenoxy) is 1. The normalized spacial score (nSPS) is 23.8. The number of amides is 1. The molecule has 4 aromatic heterocycles. The number of benzene rings is 1. The van der Waals surface area contributed by atoms with Gasteiger partial charge in [0.15, 0.2) is 17.1 Å². The molecule has 0 radical (unpaired) electrons. The molecule has 5 fully saturated rings. The van der Waals surface area contributed by atoms with E-state index in [0.29, 0.717) is 61.9 Å². The zero-order valence-corrected chi connectivity index (χ0v) is 35.1. The maximum absolute atomic E-state index is 14.3. The van der Waals surface area contributed by atoms with Gasteiger partial charge in [0, 0.05) is 65.1 Å². The Hall–Kier alpha value is -5.33. The van der Waals surface area contributed by atoms with E-state index in [1.807, 2.05) is 18.2 Å². The standard InChI is InChI=1S/C44H53F2N11O5/c1-51-39-29(3-2-4-35(39)57(43(51)61)34-10-9-31(58)21-36(34)59)24-53-26-44(27-53)12-15-52(16-13-44)23-28-5-7-30(8-6-28)56-25-33(38(50-56)40(45)46)48-42(60)32-22-47-55-14-11-37(49-41(32)55)54-17-19-62-20-18-54/h2-4,11,14,22,25,28,30,34,40H,5-10,12-13,15-21,23-24,26-27H2,1H3,(H,48,60). The summed E-state index contributed by atoms with van der Waals surface area (Å²) in [5.74, 6) is 0.419. The van der Waals surface area contributed by atoms with E-state index in [1.54, 1.807) is 33.3 Å². The molecule has 2 aliphatic carbocycles. The fourth-order valence-corrected chi connectivity index (χ4v) is 10.8. The zero-order chi connectivity index (χ0) is 42.7. The van der Waals surface area contributed by atoms with Gasteiger partial charge in [0.1, 0.15) is 17.2 Å². The number of aromatic nitrogens is 7. The lowest BCUT2D eigenvalue weighted by molar-refractivity contribution is -0.132. The van der Waals surface area contributed by atoms with Crippen molar-refractivity contribution in [1.82, 2.24) is 43.3 Å². The number of para-hydroxylation sites is 1. The second-order valence-electron chi connectivity index (χ2n) is 18.2. The van der Waals surface area contributed by atoms with Gasteiger partial charge in [0.2, 0.25) is 0 Å². The highest BCUT2D eigenvalue weighted by molar-refractivity contribution is 6.08. The molecule has 2 saturated carbocycles. The largest absolute Gasteiger partial charge is 0.378 e. The van der Waals surface area contributed by atoms with Gasteiger partial charge in [0.25, 0.3) is 12.3 Å². The summed E-state index contributed by atoms with van der Waals surface area (Å²) in [4.78, 5) is 63.4. The van der Waals surface area contributed by atoms with Gasteiger partial charge in [-0.05, 0) is 87.1 Å². The van der Waals surface area contributed by atoms with Gasteiger partial charge in [-0.15, -0.1) is 0 Å². The van der Waals surface area contributed by atoms with E-state index in [-0.39, 0.29) is 41.0 Å². The summed E-state index contributed by atoms with van der Waals surface area (Å²) >= 11 is 0. The highest BCUT2D eigenvalue weighted by Crippen LogP contribution is 2.43. The van der Waals surface area contributed by atoms with Crippen molar-refractivity contribution in [2.45, 2.75) is 82.8 Å². The van der Waals surface area contributed by atoms with Gasteiger partial charge in [-0.2, -0.15) is 10.2 Å². The Labute approximate surface area is 356 Å². The van der Waals surface area contributed by atoms with Crippen LogP contribution < -0.4 is 15.9 Å². The SMILES string of the molecule is Cn1c(=O)n(C2CCC(=O)CC2=O)c2cccc(CN3CC4(CCN(CC5CCC(n6cc(NC(=O)c7cnn8ccc(N9CCOCC9)nc78)c(C(F)F)n6)CC5)CC4)C3)c21. The fraction of sp³-hybridized carbons (Fsp3) is 0.568. The van der Waals surface area contributed by atoms with Crippen LogP contribution in [0.5, 0.6) is 0 Å². The van der Waals surface area contributed by atoms with Crippen LogP contribution >= 0.6 is 0 Å². The fourth-order valence-electron chi connectivity index (χ4n) is 10.8.